The van der Waals surface area contributed by atoms with Gasteiger partial charge in [0.1, 0.15) is 5.25 Å². The molecule has 2 aromatic rings. The van der Waals surface area contributed by atoms with Crippen LogP contribution in [0.1, 0.15) is 42.4 Å². The first-order chi connectivity index (χ1) is 13.8. The van der Waals surface area contributed by atoms with Crippen molar-refractivity contribution in [3.63, 3.8) is 0 Å². The zero-order valence-corrected chi connectivity index (χ0v) is 17.8. The third-order valence-electron chi connectivity index (χ3n) is 5.69. The highest BCUT2D eigenvalue weighted by Gasteiger charge is 2.60. The number of aromatic nitrogens is 1. The van der Waals surface area contributed by atoms with E-state index in [2.05, 4.69) is 4.98 Å². The maximum absolute atomic E-state index is 13.4. The number of anilines is 1. The van der Waals surface area contributed by atoms with E-state index in [0.717, 1.165) is 16.2 Å². The Morgan fingerprint density at radius 2 is 1.86 bits per heavy atom. The number of amides is 2. The minimum atomic E-state index is -0.596. The number of aromatic amines is 1. The number of esters is 1. The summed E-state index contributed by atoms with van der Waals surface area (Å²) in [6.07, 6.45) is 0.629. The standard InChI is InChI=1S/C20H20N2O5S2/c1-4-20(3)12-13(28-15-14(20)29-19(26)21-15)17(24)22(16(12)23)11-8-6-10(7-9-11)18(25)27-5-2/h6-9,12-13H,4-5H2,1-3H3,(H,21,26)/t12-,13-,20-/m0/s1. The zero-order chi connectivity index (χ0) is 20.9. The van der Waals surface area contributed by atoms with E-state index in [1.807, 2.05) is 13.8 Å². The molecule has 1 N–H and O–H groups in total. The van der Waals surface area contributed by atoms with Crippen LogP contribution in [0.15, 0.2) is 34.1 Å². The number of fused-ring (bicyclic) bond motifs is 2. The van der Waals surface area contributed by atoms with Gasteiger partial charge >= 0.3 is 10.8 Å². The lowest BCUT2D eigenvalue weighted by atomic mass is 9.72. The fraction of sp³-hybridized carbons (Fsp3) is 0.400. The van der Waals surface area contributed by atoms with Crippen molar-refractivity contribution in [1.29, 1.82) is 0 Å². The number of thioether (sulfide) groups is 1. The third kappa shape index (κ3) is 2.95. The Bertz CT molecular complexity index is 1060. The molecule has 3 atom stereocenters. The van der Waals surface area contributed by atoms with Gasteiger partial charge in [0.25, 0.3) is 0 Å². The van der Waals surface area contributed by atoms with E-state index >= 15 is 0 Å². The van der Waals surface area contributed by atoms with Crippen LogP contribution < -0.4 is 9.77 Å². The summed E-state index contributed by atoms with van der Waals surface area (Å²) in [6.45, 7) is 5.91. The van der Waals surface area contributed by atoms with E-state index in [9.17, 15) is 19.2 Å². The van der Waals surface area contributed by atoms with Crippen LogP contribution in [0.5, 0.6) is 0 Å². The van der Waals surface area contributed by atoms with Crippen molar-refractivity contribution >= 4 is 46.6 Å². The minimum Gasteiger partial charge on any atom is -0.462 e. The summed E-state index contributed by atoms with van der Waals surface area (Å²) in [6, 6.07) is 6.28. The Hall–Kier alpha value is -2.39. The first-order valence-electron chi connectivity index (χ1n) is 9.37. The van der Waals surface area contributed by atoms with Gasteiger partial charge in [0.05, 0.1) is 28.8 Å². The van der Waals surface area contributed by atoms with Crippen molar-refractivity contribution in [1.82, 2.24) is 4.98 Å². The minimum absolute atomic E-state index is 0.173. The summed E-state index contributed by atoms with van der Waals surface area (Å²) in [7, 11) is 0. The maximum atomic E-state index is 13.4. The van der Waals surface area contributed by atoms with Crippen molar-refractivity contribution in [2.24, 2.45) is 5.92 Å². The van der Waals surface area contributed by atoms with E-state index in [-0.39, 0.29) is 23.3 Å². The average Bonchev–Trinajstić information content (AvgIpc) is 3.20. The Balaban J connectivity index is 1.71. The number of thiazole rings is 1. The van der Waals surface area contributed by atoms with Gasteiger partial charge in [-0.2, -0.15) is 0 Å². The summed E-state index contributed by atoms with van der Waals surface area (Å²) in [4.78, 5) is 55.0. The van der Waals surface area contributed by atoms with Crippen LogP contribution in [-0.4, -0.2) is 34.6 Å². The van der Waals surface area contributed by atoms with E-state index in [0.29, 0.717) is 22.7 Å². The van der Waals surface area contributed by atoms with E-state index < -0.39 is 22.6 Å². The predicted octanol–water partition coefficient (Wildman–Crippen LogP) is 2.94. The number of benzene rings is 1. The van der Waals surface area contributed by atoms with Crippen molar-refractivity contribution in [2.45, 2.75) is 42.9 Å². The van der Waals surface area contributed by atoms with Gasteiger partial charge in [0, 0.05) is 10.3 Å². The molecule has 7 nitrogen and oxygen atoms in total. The molecule has 0 bridgehead atoms. The van der Waals surface area contributed by atoms with E-state index in [1.54, 1.807) is 31.2 Å². The van der Waals surface area contributed by atoms with Crippen LogP contribution in [0.3, 0.4) is 0 Å². The number of imide groups is 1. The smallest absolute Gasteiger partial charge is 0.338 e. The van der Waals surface area contributed by atoms with Crippen LogP contribution in [-0.2, 0) is 19.7 Å². The van der Waals surface area contributed by atoms with Crippen LogP contribution in [0.2, 0.25) is 0 Å². The van der Waals surface area contributed by atoms with Gasteiger partial charge < -0.3 is 9.72 Å². The quantitative estimate of drug-likeness (QED) is 0.589. The molecule has 1 aromatic carbocycles. The first-order valence-corrected chi connectivity index (χ1v) is 11.1. The number of rotatable bonds is 4. The Morgan fingerprint density at radius 3 is 2.48 bits per heavy atom. The molecule has 2 amide bonds. The molecule has 0 unspecified atom stereocenters. The van der Waals surface area contributed by atoms with Crippen molar-refractivity contribution < 1.29 is 19.1 Å². The Labute approximate surface area is 175 Å². The fourth-order valence-corrected chi connectivity index (χ4v) is 6.83. The maximum Gasteiger partial charge on any atom is 0.338 e. The Kier molecular flexibility index (Phi) is 4.90. The molecule has 0 saturated carbocycles. The first kappa shape index (κ1) is 19.9. The fourth-order valence-electron chi connectivity index (χ4n) is 4.01. The largest absolute Gasteiger partial charge is 0.462 e. The van der Waals surface area contributed by atoms with Gasteiger partial charge in [-0.25, -0.2) is 9.69 Å². The van der Waals surface area contributed by atoms with Crippen LogP contribution in [0.4, 0.5) is 5.69 Å². The molecule has 0 aliphatic carbocycles. The molecule has 4 rings (SSSR count). The summed E-state index contributed by atoms with van der Waals surface area (Å²) in [5, 5.41) is 0.0983. The SMILES string of the molecule is CCOC(=O)c1ccc(N2C(=O)[C@H]3Sc4[nH]c(=O)sc4[C@@](C)(CC)[C@@H]3C2=O)cc1. The molecule has 0 spiro atoms. The van der Waals surface area contributed by atoms with Crippen LogP contribution in [0, 0.1) is 5.92 Å². The van der Waals surface area contributed by atoms with Gasteiger partial charge in [0.2, 0.25) is 11.8 Å². The number of ether oxygens (including phenoxy) is 1. The number of H-pyrrole nitrogens is 1. The second-order valence-electron chi connectivity index (χ2n) is 7.24. The van der Waals surface area contributed by atoms with Gasteiger partial charge in [-0.05, 0) is 37.6 Å². The van der Waals surface area contributed by atoms with Crippen molar-refractivity contribution in [3.8, 4) is 0 Å². The zero-order valence-electron chi connectivity index (χ0n) is 16.2. The lowest BCUT2D eigenvalue weighted by Gasteiger charge is -2.38. The highest BCUT2D eigenvalue weighted by Crippen LogP contribution is 2.55. The summed E-state index contributed by atoms with van der Waals surface area (Å²) in [5.74, 6) is -1.57. The van der Waals surface area contributed by atoms with E-state index in [4.69, 9.17) is 4.74 Å². The lowest BCUT2D eigenvalue weighted by Crippen LogP contribution is -2.43. The molecule has 1 aromatic heterocycles. The second kappa shape index (κ2) is 7.14. The molecule has 1 saturated heterocycles. The highest BCUT2D eigenvalue weighted by atomic mass is 32.2. The topological polar surface area (TPSA) is 96.5 Å². The molecule has 29 heavy (non-hydrogen) atoms. The molecule has 2 aliphatic heterocycles. The molecule has 9 heteroatoms. The van der Waals surface area contributed by atoms with Gasteiger partial charge in [0.15, 0.2) is 0 Å². The molecular formula is C20H20N2O5S2. The lowest BCUT2D eigenvalue weighted by molar-refractivity contribution is -0.123. The average molecular weight is 433 g/mol. The van der Waals surface area contributed by atoms with Gasteiger partial charge in [-0.15, -0.1) is 0 Å². The molecule has 3 heterocycles. The van der Waals surface area contributed by atoms with Crippen molar-refractivity contribution in [3.05, 3.63) is 44.4 Å². The van der Waals surface area contributed by atoms with Gasteiger partial charge in [-0.3, -0.25) is 14.4 Å². The number of nitrogens with zero attached hydrogens (tertiary/aromatic N) is 1. The number of nitrogens with one attached hydrogen (secondary N) is 1. The van der Waals surface area contributed by atoms with E-state index in [1.165, 1.54) is 16.7 Å². The number of carbonyl (C=O) groups excluding carboxylic acids is 3. The molecule has 1 fully saturated rings. The Morgan fingerprint density at radius 1 is 1.17 bits per heavy atom. The molecule has 0 radical (unpaired) electrons. The predicted molar refractivity (Wildman–Crippen MR) is 111 cm³/mol. The molecule has 2 aliphatic rings. The second-order valence-corrected chi connectivity index (χ2v) is 9.37. The number of hydrogen-bond donors (Lipinski definition) is 1. The van der Waals surface area contributed by atoms with Crippen molar-refractivity contribution in [2.75, 3.05) is 11.5 Å². The highest BCUT2D eigenvalue weighted by molar-refractivity contribution is 8.00. The third-order valence-corrected chi connectivity index (χ3v) is 8.25. The van der Waals surface area contributed by atoms with Gasteiger partial charge in [-0.1, -0.05) is 36.9 Å². The van der Waals surface area contributed by atoms with Crippen LogP contribution >= 0.6 is 23.1 Å². The summed E-state index contributed by atoms with van der Waals surface area (Å²) < 4.78 is 4.97. The molecule has 152 valence electrons. The molecular weight excluding hydrogens is 412 g/mol. The van der Waals surface area contributed by atoms with Crippen LogP contribution in [0.25, 0.3) is 0 Å². The number of hydrogen-bond acceptors (Lipinski definition) is 7. The monoisotopic (exact) mass is 432 g/mol. The normalized spacial score (nSPS) is 25.7. The summed E-state index contributed by atoms with van der Waals surface area (Å²) in [5.41, 5.74) is 0.194. The number of carbonyl (C=O) groups is 3. The summed E-state index contributed by atoms with van der Waals surface area (Å²) >= 11 is 2.38.